The highest BCUT2D eigenvalue weighted by molar-refractivity contribution is 7.89. The molecule has 3 heterocycles. The zero-order valence-corrected chi connectivity index (χ0v) is 23.5. The molecule has 216 valence electrons. The Morgan fingerprint density at radius 1 is 1.18 bits per heavy atom. The van der Waals surface area contributed by atoms with Gasteiger partial charge in [0.1, 0.15) is 11.9 Å². The average molecular weight is 572 g/mol. The van der Waals surface area contributed by atoms with Crippen LogP contribution in [0, 0.1) is 5.92 Å². The quantitative estimate of drug-likeness (QED) is 0.265. The van der Waals surface area contributed by atoms with Gasteiger partial charge in [-0.15, -0.1) is 0 Å². The lowest BCUT2D eigenvalue weighted by Gasteiger charge is -2.37. The minimum absolute atomic E-state index is 0.0294. The van der Waals surface area contributed by atoms with Crippen LogP contribution in [0.3, 0.4) is 0 Å². The number of nitrogens with one attached hydrogen (secondary N) is 3. The highest BCUT2D eigenvalue weighted by atomic mass is 32.2. The van der Waals surface area contributed by atoms with Crippen molar-refractivity contribution in [2.75, 3.05) is 31.5 Å². The maximum absolute atomic E-state index is 12.9. The van der Waals surface area contributed by atoms with Gasteiger partial charge in [0.25, 0.3) is 0 Å². The summed E-state index contributed by atoms with van der Waals surface area (Å²) < 4.78 is 26.9. The highest BCUT2D eigenvalue weighted by Gasteiger charge is 2.41. The molecule has 1 aromatic carbocycles. The van der Waals surface area contributed by atoms with Crippen LogP contribution in [-0.4, -0.2) is 72.8 Å². The Bertz CT molecular complexity index is 1340. The minimum Gasteiger partial charge on any atom is -0.480 e. The topological polar surface area (TPSA) is 158 Å². The van der Waals surface area contributed by atoms with E-state index in [1.54, 1.807) is 12.1 Å². The maximum atomic E-state index is 12.9. The molecule has 0 bridgehead atoms. The number of hydrogen-bond acceptors (Lipinski definition) is 7. The summed E-state index contributed by atoms with van der Waals surface area (Å²) in [5.74, 6) is -1.84. The molecular formula is C28H37N5O6S. The number of anilines is 1. The van der Waals surface area contributed by atoms with Gasteiger partial charge < -0.3 is 21.1 Å². The second kappa shape index (κ2) is 13.2. The zero-order valence-electron chi connectivity index (χ0n) is 22.7. The van der Waals surface area contributed by atoms with E-state index in [1.165, 1.54) is 15.9 Å². The van der Waals surface area contributed by atoms with Crippen molar-refractivity contribution < 1.29 is 27.9 Å². The number of nitrogens with zero attached hydrogens (tertiary/aromatic N) is 2. The Hall–Kier alpha value is -3.51. The SMILES string of the molecule is CCc1cccc(S(=O)(=O)N2CC(C(=O)NC(CNC(=O)CCCCc3ccc4c(n3)NCCC4)C(=O)O)C2)c1. The summed E-state index contributed by atoms with van der Waals surface area (Å²) in [6.45, 7) is 2.55. The summed E-state index contributed by atoms with van der Waals surface area (Å²) in [7, 11) is -3.73. The fraction of sp³-hybridized carbons (Fsp3) is 0.500. The monoisotopic (exact) mass is 571 g/mol. The number of fused-ring (bicyclic) bond motifs is 1. The number of hydrogen-bond donors (Lipinski definition) is 4. The second-order valence-electron chi connectivity index (χ2n) is 10.3. The van der Waals surface area contributed by atoms with Gasteiger partial charge in [0.15, 0.2) is 0 Å². The summed E-state index contributed by atoms with van der Waals surface area (Å²) in [6, 6.07) is 9.49. The van der Waals surface area contributed by atoms with E-state index < -0.39 is 33.9 Å². The molecule has 0 saturated carbocycles. The van der Waals surface area contributed by atoms with Crippen molar-refractivity contribution in [2.24, 2.45) is 5.92 Å². The van der Waals surface area contributed by atoms with Gasteiger partial charge in [-0.2, -0.15) is 4.31 Å². The second-order valence-corrected chi connectivity index (χ2v) is 12.2. The van der Waals surface area contributed by atoms with Gasteiger partial charge in [-0.3, -0.25) is 9.59 Å². The summed E-state index contributed by atoms with van der Waals surface area (Å²) in [5.41, 5.74) is 3.09. The molecule has 2 aliphatic rings. The molecule has 1 saturated heterocycles. The molecule has 2 aromatic rings. The normalized spacial score (nSPS) is 16.2. The third kappa shape index (κ3) is 7.36. The van der Waals surface area contributed by atoms with Crippen LogP contribution in [0.25, 0.3) is 0 Å². The number of benzene rings is 1. The van der Waals surface area contributed by atoms with E-state index in [0.717, 1.165) is 49.3 Å². The highest BCUT2D eigenvalue weighted by Crippen LogP contribution is 2.26. The fourth-order valence-electron chi connectivity index (χ4n) is 4.77. The zero-order chi connectivity index (χ0) is 28.7. The van der Waals surface area contributed by atoms with Gasteiger partial charge in [-0.05, 0) is 67.9 Å². The Morgan fingerprint density at radius 3 is 2.73 bits per heavy atom. The van der Waals surface area contributed by atoms with Crippen LogP contribution in [0.4, 0.5) is 5.82 Å². The number of carbonyl (C=O) groups excluding carboxylic acids is 2. The third-order valence-corrected chi connectivity index (χ3v) is 9.15. The first-order valence-electron chi connectivity index (χ1n) is 13.8. The molecule has 2 amide bonds. The number of unbranched alkanes of at least 4 members (excludes halogenated alkanes) is 1. The average Bonchev–Trinajstić information content (AvgIpc) is 2.92. The summed E-state index contributed by atoms with van der Waals surface area (Å²) in [4.78, 5) is 41.4. The van der Waals surface area contributed by atoms with Crippen LogP contribution in [0.1, 0.15) is 49.4 Å². The van der Waals surface area contributed by atoms with Gasteiger partial charge in [-0.25, -0.2) is 18.2 Å². The predicted octanol–water partition coefficient (Wildman–Crippen LogP) is 1.72. The Balaban J connectivity index is 1.17. The lowest BCUT2D eigenvalue weighted by Crippen LogP contribution is -2.58. The standard InChI is InChI=1S/C28H37N5O6S/c1-2-19-7-5-10-23(15-19)40(38,39)33-17-21(18-33)27(35)32-24(28(36)37)16-30-25(34)11-4-3-9-22-13-12-20-8-6-14-29-26(20)31-22/h5,7,10,12-13,15,21,24H,2-4,6,8-9,11,14,16-18H2,1H3,(H,29,31)(H,30,34)(H,32,35)(H,36,37). The number of sulfonamides is 1. The van der Waals surface area contributed by atoms with Crippen LogP contribution in [0.5, 0.6) is 0 Å². The van der Waals surface area contributed by atoms with Crippen molar-refractivity contribution in [1.82, 2.24) is 19.9 Å². The van der Waals surface area contributed by atoms with E-state index in [2.05, 4.69) is 27.0 Å². The Labute approximate surface area is 234 Å². The van der Waals surface area contributed by atoms with Gasteiger partial charge >= 0.3 is 5.97 Å². The lowest BCUT2D eigenvalue weighted by molar-refractivity contribution is -0.143. The molecule has 4 N–H and O–H groups in total. The van der Waals surface area contributed by atoms with E-state index in [4.69, 9.17) is 0 Å². The fourth-order valence-corrected chi connectivity index (χ4v) is 6.37. The molecule has 4 rings (SSSR count). The van der Waals surface area contributed by atoms with Crippen molar-refractivity contribution in [2.45, 2.75) is 62.8 Å². The molecule has 2 aliphatic heterocycles. The van der Waals surface area contributed by atoms with Crippen molar-refractivity contribution >= 4 is 33.6 Å². The van der Waals surface area contributed by atoms with Gasteiger partial charge in [0.05, 0.1) is 10.8 Å². The lowest BCUT2D eigenvalue weighted by atomic mass is 10.0. The Kier molecular flexibility index (Phi) is 9.75. The molecular weight excluding hydrogens is 534 g/mol. The first kappa shape index (κ1) is 29.5. The summed E-state index contributed by atoms with van der Waals surface area (Å²) in [6.07, 6.45) is 5.20. The van der Waals surface area contributed by atoms with Crippen molar-refractivity contribution in [1.29, 1.82) is 0 Å². The number of carboxylic acid groups (broad SMARTS) is 1. The number of rotatable bonds is 13. The van der Waals surface area contributed by atoms with Crippen molar-refractivity contribution in [3.8, 4) is 0 Å². The van der Waals surface area contributed by atoms with E-state index in [1.807, 2.05) is 19.1 Å². The summed E-state index contributed by atoms with van der Waals surface area (Å²) in [5, 5.41) is 17.9. The first-order chi connectivity index (χ1) is 19.2. The predicted molar refractivity (Wildman–Crippen MR) is 149 cm³/mol. The van der Waals surface area contributed by atoms with E-state index >= 15 is 0 Å². The van der Waals surface area contributed by atoms with E-state index in [9.17, 15) is 27.9 Å². The number of carboxylic acids is 1. The maximum Gasteiger partial charge on any atom is 0.328 e. The number of amides is 2. The largest absolute Gasteiger partial charge is 0.480 e. The number of carbonyl (C=O) groups is 3. The smallest absolute Gasteiger partial charge is 0.328 e. The molecule has 12 heteroatoms. The van der Waals surface area contributed by atoms with E-state index in [0.29, 0.717) is 12.8 Å². The Morgan fingerprint density at radius 2 is 1.98 bits per heavy atom. The van der Waals surface area contributed by atoms with Gasteiger partial charge in [-0.1, -0.05) is 25.1 Å². The molecule has 0 spiro atoms. The van der Waals surface area contributed by atoms with Crippen LogP contribution >= 0.6 is 0 Å². The van der Waals surface area contributed by atoms with Crippen molar-refractivity contribution in [3.63, 3.8) is 0 Å². The van der Waals surface area contributed by atoms with Crippen LogP contribution in [0.2, 0.25) is 0 Å². The number of pyridine rings is 1. The minimum atomic E-state index is -3.73. The molecule has 40 heavy (non-hydrogen) atoms. The molecule has 1 fully saturated rings. The number of aromatic nitrogens is 1. The van der Waals surface area contributed by atoms with Gasteiger partial charge in [0, 0.05) is 38.3 Å². The molecule has 0 radical (unpaired) electrons. The molecule has 1 unspecified atom stereocenters. The van der Waals surface area contributed by atoms with Crippen molar-refractivity contribution in [3.05, 3.63) is 53.2 Å². The number of aliphatic carboxylic acids is 1. The first-order valence-corrected chi connectivity index (χ1v) is 15.2. The van der Waals surface area contributed by atoms with Crippen LogP contribution < -0.4 is 16.0 Å². The molecule has 1 aromatic heterocycles. The molecule has 1 atom stereocenters. The molecule has 0 aliphatic carbocycles. The third-order valence-electron chi connectivity index (χ3n) is 7.32. The summed E-state index contributed by atoms with van der Waals surface area (Å²) >= 11 is 0. The van der Waals surface area contributed by atoms with Crippen LogP contribution in [0.15, 0.2) is 41.3 Å². The van der Waals surface area contributed by atoms with Gasteiger partial charge in [0.2, 0.25) is 21.8 Å². The number of aryl methyl sites for hydroxylation is 3. The molecule has 11 nitrogen and oxygen atoms in total. The van der Waals surface area contributed by atoms with Crippen LogP contribution in [-0.2, 0) is 43.7 Å². The van der Waals surface area contributed by atoms with E-state index in [-0.39, 0.29) is 36.9 Å².